The molecular weight excluding hydrogens is 550 g/mol. The minimum Gasteiger partial charge on any atom is -0.493 e. The minimum absolute atomic E-state index is 0.0957. The molecule has 12 nitrogen and oxygen atoms in total. The fourth-order valence-corrected chi connectivity index (χ4v) is 4.74. The van der Waals surface area contributed by atoms with Crippen LogP contribution in [-0.4, -0.2) is 49.4 Å². The third kappa shape index (κ3) is 5.12. The highest BCUT2D eigenvalue weighted by Crippen LogP contribution is 2.36. The quantitative estimate of drug-likeness (QED) is 0.275. The number of para-hydroxylation sites is 1. The molecule has 2 aromatic carbocycles. The van der Waals surface area contributed by atoms with E-state index in [0.717, 1.165) is 0 Å². The van der Waals surface area contributed by atoms with E-state index in [0.29, 0.717) is 51.0 Å². The van der Waals surface area contributed by atoms with Gasteiger partial charge in [-0.3, -0.25) is 29.2 Å². The molecule has 43 heavy (non-hydrogen) atoms. The van der Waals surface area contributed by atoms with E-state index in [9.17, 15) is 9.59 Å². The van der Waals surface area contributed by atoms with Crippen molar-refractivity contribution in [2.75, 3.05) is 19.5 Å². The van der Waals surface area contributed by atoms with E-state index in [4.69, 9.17) is 14.2 Å². The highest BCUT2D eigenvalue weighted by atomic mass is 16.5. The number of benzene rings is 2. The average molecular weight is 576 g/mol. The fourth-order valence-electron chi connectivity index (χ4n) is 4.74. The Morgan fingerprint density at radius 1 is 0.837 bits per heavy atom. The van der Waals surface area contributed by atoms with Crippen molar-refractivity contribution in [3.05, 3.63) is 108 Å². The Hall–Kier alpha value is -6.04. The van der Waals surface area contributed by atoms with E-state index in [1.807, 2.05) is 18.2 Å². The Bertz CT molecular complexity index is 1990. The monoisotopic (exact) mass is 575 g/mol. The summed E-state index contributed by atoms with van der Waals surface area (Å²) in [5.74, 6) is 1.63. The molecule has 214 valence electrons. The van der Waals surface area contributed by atoms with Gasteiger partial charge < -0.3 is 19.5 Å². The van der Waals surface area contributed by atoms with Crippen molar-refractivity contribution < 1.29 is 19.0 Å². The molecule has 0 aliphatic rings. The molecule has 0 bridgehead atoms. The number of carbonyl (C=O) groups excluding carboxylic acids is 1. The van der Waals surface area contributed by atoms with Gasteiger partial charge >= 0.3 is 0 Å². The lowest BCUT2D eigenvalue weighted by Crippen LogP contribution is -2.25. The maximum absolute atomic E-state index is 13.6. The Morgan fingerprint density at radius 3 is 2.33 bits per heavy atom. The maximum atomic E-state index is 13.6. The molecule has 12 heteroatoms. The van der Waals surface area contributed by atoms with Gasteiger partial charge in [-0.2, -0.15) is 0 Å². The zero-order valence-electron chi connectivity index (χ0n) is 23.4. The van der Waals surface area contributed by atoms with Crippen LogP contribution in [0.1, 0.15) is 10.4 Å². The van der Waals surface area contributed by atoms with Crippen LogP contribution in [-0.2, 0) is 7.05 Å². The standard InChI is InChI=1S/C31H25N7O5/c1-37-29(23-18-32-13-14-34-23)28(31(40)38(37)19-7-5-4-6-8-19)30(39)36-27-10-9-20(17-35-27)43-24-11-12-33-22-16-26(42-3)25(41-2)15-21(22)24/h4-18H,1-3H3,(H,35,36,39). The molecule has 0 aliphatic carbocycles. The van der Waals surface area contributed by atoms with Gasteiger partial charge in [0.25, 0.3) is 11.5 Å². The summed E-state index contributed by atoms with van der Waals surface area (Å²) in [7, 11) is 4.80. The lowest BCUT2D eigenvalue weighted by molar-refractivity contribution is 0.102. The number of hydrogen-bond acceptors (Lipinski definition) is 9. The second-order valence-electron chi connectivity index (χ2n) is 9.26. The van der Waals surface area contributed by atoms with Crippen molar-refractivity contribution in [2.24, 2.45) is 7.05 Å². The number of pyridine rings is 2. The molecule has 4 heterocycles. The number of nitrogens with one attached hydrogen (secondary N) is 1. The van der Waals surface area contributed by atoms with Gasteiger partial charge in [-0.1, -0.05) is 18.2 Å². The van der Waals surface area contributed by atoms with E-state index in [1.165, 1.54) is 29.5 Å². The van der Waals surface area contributed by atoms with Crippen LogP contribution in [0, 0.1) is 0 Å². The highest BCUT2D eigenvalue weighted by molar-refractivity contribution is 6.07. The Morgan fingerprint density at radius 2 is 1.63 bits per heavy atom. The number of carbonyl (C=O) groups is 1. The van der Waals surface area contributed by atoms with Gasteiger partial charge in [0.15, 0.2) is 11.5 Å². The SMILES string of the molecule is COc1cc2nccc(Oc3ccc(NC(=O)c4c(-c5cnccn5)n(C)n(-c5ccccc5)c4=O)nc3)c2cc1OC. The molecule has 0 fully saturated rings. The number of rotatable bonds is 8. The molecule has 0 unspecified atom stereocenters. The van der Waals surface area contributed by atoms with Gasteiger partial charge in [-0.05, 0) is 36.4 Å². The van der Waals surface area contributed by atoms with Crippen LogP contribution in [0.3, 0.4) is 0 Å². The summed E-state index contributed by atoms with van der Waals surface area (Å²) in [6.45, 7) is 0. The van der Waals surface area contributed by atoms with E-state index in [1.54, 1.807) is 74.6 Å². The summed E-state index contributed by atoms with van der Waals surface area (Å²) in [6, 6.07) is 17.6. The summed E-state index contributed by atoms with van der Waals surface area (Å²) in [4.78, 5) is 44.4. The molecule has 0 saturated carbocycles. The lowest BCUT2D eigenvalue weighted by Gasteiger charge is -2.12. The summed E-state index contributed by atoms with van der Waals surface area (Å²) in [6.07, 6.45) is 7.62. The molecule has 0 aliphatic heterocycles. The van der Waals surface area contributed by atoms with E-state index in [2.05, 4.69) is 25.3 Å². The summed E-state index contributed by atoms with van der Waals surface area (Å²) >= 11 is 0. The molecule has 1 N–H and O–H groups in total. The summed E-state index contributed by atoms with van der Waals surface area (Å²) < 4.78 is 19.9. The zero-order chi connectivity index (χ0) is 29.9. The number of anilines is 1. The predicted molar refractivity (Wildman–Crippen MR) is 159 cm³/mol. The van der Waals surface area contributed by atoms with E-state index < -0.39 is 11.5 Å². The van der Waals surface area contributed by atoms with Crippen molar-refractivity contribution in [3.8, 4) is 40.1 Å². The van der Waals surface area contributed by atoms with E-state index >= 15 is 0 Å². The number of ether oxygens (including phenoxy) is 3. The Kier molecular flexibility index (Phi) is 7.23. The van der Waals surface area contributed by atoms with Crippen LogP contribution in [0.4, 0.5) is 5.82 Å². The first kappa shape index (κ1) is 27.1. The molecule has 0 radical (unpaired) electrons. The van der Waals surface area contributed by atoms with Gasteiger partial charge in [0, 0.05) is 37.1 Å². The maximum Gasteiger partial charge on any atom is 0.285 e. The van der Waals surface area contributed by atoms with Gasteiger partial charge in [-0.25, -0.2) is 9.67 Å². The molecule has 0 spiro atoms. The number of aromatic nitrogens is 6. The fraction of sp³-hybridized carbons (Fsp3) is 0.0968. The van der Waals surface area contributed by atoms with Gasteiger partial charge in [0.05, 0.1) is 37.8 Å². The van der Waals surface area contributed by atoms with Crippen LogP contribution in [0.15, 0.2) is 96.4 Å². The molecule has 6 aromatic rings. The van der Waals surface area contributed by atoms with Crippen LogP contribution >= 0.6 is 0 Å². The third-order valence-corrected chi connectivity index (χ3v) is 6.71. The largest absolute Gasteiger partial charge is 0.493 e. The zero-order valence-corrected chi connectivity index (χ0v) is 23.4. The van der Waals surface area contributed by atoms with Crippen LogP contribution in [0.2, 0.25) is 0 Å². The minimum atomic E-state index is -0.640. The second kappa shape index (κ2) is 11.4. The Labute approximate surface area is 245 Å². The average Bonchev–Trinajstić information content (AvgIpc) is 3.31. The molecule has 0 saturated heterocycles. The Balaban J connectivity index is 1.30. The van der Waals surface area contributed by atoms with Gasteiger partial charge in [0.1, 0.15) is 34.3 Å². The molecule has 6 rings (SSSR count). The van der Waals surface area contributed by atoms with Crippen molar-refractivity contribution in [3.63, 3.8) is 0 Å². The van der Waals surface area contributed by atoms with E-state index in [-0.39, 0.29) is 11.4 Å². The van der Waals surface area contributed by atoms with Crippen LogP contribution in [0.25, 0.3) is 28.0 Å². The molecule has 0 atom stereocenters. The van der Waals surface area contributed by atoms with Crippen molar-refractivity contribution in [1.82, 2.24) is 29.3 Å². The number of methoxy groups -OCH3 is 2. The predicted octanol–water partition coefficient (Wildman–Crippen LogP) is 4.64. The molecule has 1 amide bonds. The number of fused-ring (bicyclic) bond motifs is 1. The van der Waals surface area contributed by atoms with Gasteiger partial charge in [0.2, 0.25) is 0 Å². The first-order chi connectivity index (χ1) is 21.0. The second-order valence-corrected chi connectivity index (χ2v) is 9.26. The van der Waals surface area contributed by atoms with Gasteiger partial charge in [-0.15, -0.1) is 0 Å². The number of nitrogens with zero attached hydrogens (tertiary/aromatic N) is 6. The van der Waals surface area contributed by atoms with Crippen LogP contribution in [0.5, 0.6) is 23.0 Å². The molecular formula is C31H25N7O5. The van der Waals surface area contributed by atoms with Crippen molar-refractivity contribution >= 4 is 22.6 Å². The normalized spacial score (nSPS) is 10.9. The first-order valence-corrected chi connectivity index (χ1v) is 13.1. The third-order valence-electron chi connectivity index (χ3n) is 6.71. The van der Waals surface area contributed by atoms with Crippen molar-refractivity contribution in [1.29, 1.82) is 0 Å². The number of amides is 1. The lowest BCUT2D eigenvalue weighted by atomic mass is 10.1. The number of hydrogen-bond donors (Lipinski definition) is 1. The topological polar surface area (TPSA) is 135 Å². The highest BCUT2D eigenvalue weighted by Gasteiger charge is 2.27. The smallest absolute Gasteiger partial charge is 0.285 e. The van der Waals surface area contributed by atoms with Crippen LogP contribution < -0.4 is 25.1 Å². The van der Waals surface area contributed by atoms with Crippen molar-refractivity contribution in [2.45, 2.75) is 0 Å². The molecule has 4 aromatic heterocycles. The summed E-state index contributed by atoms with van der Waals surface area (Å²) in [5.41, 5.74) is 1.34. The summed E-state index contributed by atoms with van der Waals surface area (Å²) in [5, 5.41) is 3.44. The first-order valence-electron chi connectivity index (χ1n) is 13.1.